The number of rotatable bonds is 9. The van der Waals surface area contributed by atoms with Gasteiger partial charge in [-0.1, -0.05) is 18.2 Å². The molecule has 0 aromatic heterocycles. The molecule has 0 radical (unpaired) electrons. The Balaban J connectivity index is 1.44. The number of likely N-dealkylation sites (N-methyl/N-ethyl adjacent to an activating group) is 1. The van der Waals surface area contributed by atoms with Crippen LogP contribution in [-0.4, -0.2) is 58.3 Å². The third kappa shape index (κ3) is 5.99. The highest BCUT2D eigenvalue weighted by Crippen LogP contribution is 2.32. The van der Waals surface area contributed by atoms with Gasteiger partial charge in [0.1, 0.15) is 0 Å². The quantitative estimate of drug-likeness (QED) is 0.623. The predicted molar refractivity (Wildman–Crippen MR) is 123 cm³/mol. The SMILES string of the molecule is CN(C(=O)[C@@H](N)C1CCC(COCc2ccccc2N(C)S(C)(=O)=O)CC1)C1CCC1. The summed E-state index contributed by atoms with van der Waals surface area (Å²) >= 11 is 0. The average Bonchev–Trinajstić information content (AvgIpc) is 2.71. The maximum Gasteiger partial charge on any atom is 0.239 e. The second kappa shape index (κ2) is 10.3. The summed E-state index contributed by atoms with van der Waals surface area (Å²) < 4.78 is 31.0. The summed E-state index contributed by atoms with van der Waals surface area (Å²) in [4.78, 5) is 14.5. The third-order valence-corrected chi connectivity index (χ3v) is 8.29. The Morgan fingerprint density at radius 1 is 1.13 bits per heavy atom. The molecule has 2 N–H and O–H groups in total. The van der Waals surface area contributed by atoms with Crippen molar-refractivity contribution >= 4 is 21.6 Å². The molecule has 1 atom stereocenters. The van der Waals surface area contributed by atoms with Crippen LogP contribution in [0.2, 0.25) is 0 Å². The van der Waals surface area contributed by atoms with Crippen LogP contribution in [0, 0.1) is 11.8 Å². The lowest BCUT2D eigenvalue weighted by Crippen LogP contribution is -2.52. The van der Waals surface area contributed by atoms with Gasteiger partial charge in [0.2, 0.25) is 15.9 Å². The minimum absolute atomic E-state index is 0.0935. The highest BCUT2D eigenvalue weighted by atomic mass is 32.2. The lowest BCUT2D eigenvalue weighted by Gasteiger charge is -2.38. The van der Waals surface area contributed by atoms with Gasteiger partial charge in [-0.25, -0.2) is 8.42 Å². The molecule has 2 fully saturated rings. The summed E-state index contributed by atoms with van der Waals surface area (Å²) in [5.74, 6) is 0.786. The number of nitrogens with two attached hydrogens (primary N) is 1. The van der Waals surface area contributed by atoms with Crippen molar-refractivity contribution in [1.29, 1.82) is 0 Å². The number of benzene rings is 1. The first-order chi connectivity index (χ1) is 14.7. The Morgan fingerprint density at radius 2 is 1.77 bits per heavy atom. The molecule has 2 aliphatic rings. The van der Waals surface area contributed by atoms with E-state index in [2.05, 4.69) is 0 Å². The molecule has 8 heteroatoms. The number of sulfonamides is 1. The van der Waals surface area contributed by atoms with Crippen molar-refractivity contribution in [3.63, 3.8) is 0 Å². The van der Waals surface area contributed by atoms with E-state index in [0.717, 1.165) is 44.1 Å². The molecule has 31 heavy (non-hydrogen) atoms. The molecule has 1 aromatic carbocycles. The largest absolute Gasteiger partial charge is 0.376 e. The van der Waals surface area contributed by atoms with E-state index in [-0.39, 0.29) is 11.8 Å². The molecular formula is C23H37N3O4S. The summed E-state index contributed by atoms with van der Waals surface area (Å²) in [5, 5.41) is 0. The maximum atomic E-state index is 12.7. The van der Waals surface area contributed by atoms with Gasteiger partial charge in [-0.2, -0.15) is 0 Å². The van der Waals surface area contributed by atoms with Crippen LogP contribution in [0.3, 0.4) is 0 Å². The second-order valence-corrected chi connectivity index (χ2v) is 11.2. The first-order valence-corrected chi connectivity index (χ1v) is 13.1. The number of amides is 1. The summed E-state index contributed by atoms with van der Waals surface area (Å²) in [6.07, 6.45) is 8.51. The van der Waals surface area contributed by atoms with Gasteiger partial charge in [-0.15, -0.1) is 0 Å². The van der Waals surface area contributed by atoms with Gasteiger partial charge in [-0.05, 0) is 62.8 Å². The van der Waals surface area contributed by atoms with E-state index < -0.39 is 16.1 Å². The summed E-state index contributed by atoms with van der Waals surface area (Å²) in [5.41, 5.74) is 7.84. The summed E-state index contributed by atoms with van der Waals surface area (Å²) in [6, 6.07) is 7.40. The number of nitrogens with zero attached hydrogens (tertiary/aromatic N) is 2. The molecule has 0 saturated heterocycles. The number of carbonyl (C=O) groups excluding carboxylic acids is 1. The number of para-hydroxylation sites is 1. The van der Waals surface area contributed by atoms with Crippen LogP contribution in [0.25, 0.3) is 0 Å². The Kier molecular flexibility index (Phi) is 7.99. The van der Waals surface area contributed by atoms with Gasteiger partial charge in [0, 0.05) is 32.3 Å². The minimum Gasteiger partial charge on any atom is -0.376 e. The molecule has 0 unspecified atom stereocenters. The van der Waals surface area contributed by atoms with Gasteiger partial charge >= 0.3 is 0 Å². The maximum absolute atomic E-state index is 12.7. The Morgan fingerprint density at radius 3 is 2.35 bits per heavy atom. The standard InChI is InChI=1S/C23H37N3O4S/c1-25(20-8-6-9-20)23(27)22(24)18-13-11-17(12-14-18)15-30-16-19-7-4-5-10-21(19)26(2)31(3,28)29/h4-5,7,10,17-18,20,22H,6,8-9,11-16,24H2,1-3H3/t17?,18?,22-/m0/s1. The fourth-order valence-electron chi connectivity index (χ4n) is 4.56. The van der Waals surface area contributed by atoms with Gasteiger partial charge in [0.05, 0.1) is 24.6 Å². The summed E-state index contributed by atoms with van der Waals surface area (Å²) in [6.45, 7) is 1.01. The van der Waals surface area contributed by atoms with Crippen molar-refractivity contribution in [2.24, 2.45) is 17.6 Å². The number of ether oxygens (including phenoxy) is 1. The van der Waals surface area contributed by atoms with Crippen LogP contribution in [-0.2, 0) is 26.2 Å². The first-order valence-electron chi connectivity index (χ1n) is 11.3. The van der Waals surface area contributed by atoms with Crippen molar-refractivity contribution in [2.45, 2.75) is 63.6 Å². The topological polar surface area (TPSA) is 92.9 Å². The van der Waals surface area contributed by atoms with Crippen molar-refractivity contribution < 1.29 is 17.9 Å². The van der Waals surface area contributed by atoms with E-state index in [0.29, 0.717) is 30.9 Å². The highest BCUT2D eigenvalue weighted by Gasteiger charge is 2.34. The van der Waals surface area contributed by atoms with E-state index in [1.54, 1.807) is 13.1 Å². The fourth-order valence-corrected chi connectivity index (χ4v) is 5.09. The average molecular weight is 452 g/mol. The molecule has 2 aliphatic carbocycles. The van der Waals surface area contributed by atoms with Crippen molar-refractivity contribution in [3.05, 3.63) is 29.8 Å². The molecule has 7 nitrogen and oxygen atoms in total. The number of carbonyl (C=O) groups is 1. The number of hydrogen-bond acceptors (Lipinski definition) is 5. The zero-order valence-corrected chi connectivity index (χ0v) is 19.8. The van der Waals surface area contributed by atoms with E-state index in [9.17, 15) is 13.2 Å². The van der Waals surface area contributed by atoms with E-state index in [4.69, 9.17) is 10.5 Å². The van der Waals surface area contributed by atoms with E-state index >= 15 is 0 Å². The zero-order chi connectivity index (χ0) is 22.6. The summed E-state index contributed by atoms with van der Waals surface area (Å²) in [7, 11) is 0.131. The molecule has 0 bridgehead atoms. The van der Waals surface area contributed by atoms with E-state index in [1.807, 2.05) is 30.1 Å². The molecule has 2 saturated carbocycles. The lowest BCUT2D eigenvalue weighted by molar-refractivity contribution is -0.136. The Bertz CT molecular complexity index is 848. The number of anilines is 1. The molecule has 3 rings (SSSR count). The molecule has 0 heterocycles. The molecule has 0 spiro atoms. The van der Waals surface area contributed by atoms with Gasteiger partial charge < -0.3 is 15.4 Å². The monoisotopic (exact) mass is 451 g/mol. The predicted octanol–water partition coefficient (Wildman–Crippen LogP) is 2.74. The first kappa shape index (κ1) is 24.0. The third-order valence-electron chi connectivity index (χ3n) is 7.09. The minimum atomic E-state index is -3.32. The van der Waals surface area contributed by atoms with Crippen LogP contribution in [0.15, 0.2) is 24.3 Å². The van der Waals surface area contributed by atoms with Crippen LogP contribution in [0.5, 0.6) is 0 Å². The van der Waals surface area contributed by atoms with Crippen molar-refractivity contribution in [2.75, 3.05) is 31.3 Å². The van der Waals surface area contributed by atoms with Crippen LogP contribution in [0.1, 0.15) is 50.5 Å². The normalized spacial score (nSPS) is 23.1. The van der Waals surface area contributed by atoms with Gasteiger partial charge in [0.25, 0.3) is 0 Å². The van der Waals surface area contributed by atoms with Crippen LogP contribution < -0.4 is 10.0 Å². The van der Waals surface area contributed by atoms with Crippen LogP contribution in [0.4, 0.5) is 5.69 Å². The lowest BCUT2D eigenvalue weighted by atomic mass is 9.78. The molecule has 174 valence electrons. The smallest absolute Gasteiger partial charge is 0.239 e. The molecule has 1 aromatic rings. The van der Waals surface area contributed by atoms with Crippen LogP contribution >= 0.6 is 0 Å². The Labute approximate surface area is 187 Å². The second-order valence-electron chi connectivity index (χ2n) is 9.21. The molecule has 0 aliphatic heterocycles. The molecule has 1 amide bonds. The van der Waals surface area contributed by atoms with Crippen molar-refractivity contribution in [3.8, 4) is 0 Å². The zero-order valence-electron chi connectivity index (χ0n) is 19.0. The molecular weight excluding hydrogens is 414 g/mol. The Hall–Kier alpha value is -1.64. The highest BCUT2D eigenvalue weighted by molar-refractivity contribution is 7.92. The van der Waals surface area contributed by atoms with Gasteiger partial charge in [-0.3, -0.25) is 9.10 Å². The van der Waals surface area contributed by atoms with Crippen molar-refractivity contribution in [1.82, 2.24) is 4.90 Å². The van der Waals surface area contributed by atoms with Gasteiger partial charge in [0.15, 0.2) is 0 Å². The number of hydrogen-bond donors (Lipinski definition) is 1. The fraction of sp³-hybridized carbons (Fsp3) is 0.696. The van der Waals surface area contributed by atoms with E-state index in [1.165, 1.54) is 17.0 Å².